The van der Waals surface area contributed by atoms with Gasteiger partial charge in [0.2, 0.25) is 6.79 Å². The lowest BCUT2D eigenvalue weighted by atomic mass is 9.94. The van der Waals surface area contributed by atoms with Crippen LogP contribution in [0.4, 0.5) is 0 Å². The van der Waals surface area contributed by atoms with Crippen molar-refractivity contribution >= 4 is 0 Å². The highest BCUT2D eigenvalue weighted by Gasteiger charge is 2.22. The fourth-order valence-electron chi connectivity index (χ4n) is 1.91. The van der Waals surface area contributed by atoms with Crippen molar-refractivity contribution in [3.8, 4) is 17.6 Å². The van der Waals surface area contributed by atoms with Gasteiger partial charge in [-0.2, -0.15) is 5.26 Å². The fraction of sp³-hybridized carbons (Fsp3) is 0.417. The predicted molar refractivity (Wildman–Crippen MR) is 56.0 cm³/mol. The second-order valence-corrected chi connectivity index (χ2v) is 3.86. The molecule has 0 atom stereocenters. The molecule has 78 valence electrons. The summed E-state index contributed by atoms with van der Waals surface area (Å²) in [5.41, 5.74) is 2.14. The van der Waals surface area contributed by atoms with Gasteiger partial charge < -0.3 is 9.47 Å². The summed E-state index contributed by atoms with van der Waals surface area (Å²) in [7, 11) is 0. The Kier molecular flexibility index (Phi) is 2.51. The molecule has 0 aliphatic carbocycles. The first-order chi connectivity index (χ1) is 7.24. The highest BCUT2D eigenvalue weighted by Crippen LogP contribution is 2.41. The monoisotopic (exact) mass is 203 g/mol. The van der Waals surface area contributed by atoms with Crippen molar-refractivity contribution in [3.05, 3.63) is 23.3 Å². The molecule has 0 spiro atoms. The van der Waals surface area contributed by atoms with E-state index in [0.717, 1.165) is 22.6 Å². The van der Waals surface area contributed by atoms with Crippen LogP contribution in [-0.2, 0) is 6.42 Å². The Balaban J connectivity index is 2.54. The molecule has 1 aliphatic rings. The Hall–Kier alpha value is -1.69. The maximum atomic E-state index is 8.75. The number of fused-ring (bicyclic) bond motifs is 1. The van der Waals surface area contributed by atoms with Crippen molar-refractivity contribution in [2.45, 2.75) is 26.2 Å². The zero-order valence-electron chi connectivity index (χ0n) is 8.91. The van der Waals surface area contributed by atoms with E-state index in [4.69, 9.17) is 14.7 Å². The van der Waals surface area contributed by atoms with E-state index in [9.17, 15) is 0 Å². The van der Waals surface area contributed by atoms with Crippen molar-refractivity contribution in [2.75, 3.05) is 6.79 Å². The average Bonchev–Trinajstić information content (AvgIpc) is 2.64. The molecule has 0 aromatic heterocycles. The Labute approximate surface area is 89.2 Å². The number of rotatable bonds is 2. The first-order valence-electron chi connectivity index (χ1n) is 5.02. The van der Waals surface area contributed by atoms with Crippen molar-refractivity contribution < 1.29 is 9.47 Å². The van der Waals surface area contributed by atoms with Crippen LogP contribution in [0.5, 0.6) is 11.5 Å². The Morgan fingerprint density at radius 2 is 2.20 bits per heavy atom. The van der Waals surface area contributed by atoms with E-state index in [0.29, 0.717) is 12.3 Å². The summed E-state index contributed by atoms with van der Waals surface area (Å²) in [6.45, 7) is 4.47. The van der Waals surface area contributed by atoms with E-state index in [1.54, 1.807) is 0 Å². The van der Waals surface area contributed by atoms with Crippen LogP contribution in [0.2, 0.25) is 0 Å². The molecule has 0 N–H and O–H groups in total. The summed E-state index contributed by atoms with van der Waals surface area (Å²) in [5, 5.41) is 8.75. The van der Waals surface area contributed by atoms with Crippen molar-refractivity contribution in [1.29, 1.82) is 5.26 Å². The van der Waals surface area contributed by atoms with E-state index < -0.39 is 0 Å². The van der Waals surface area contributed by atoms with Gasteiger partial charge in [-0.15, -0.1) is 0 Å². The number of benzene rings is 1. The zero-order chi connectivity index (χ0) is 10.8. The van der Waals surface area contributed by atoms with E-state index in [1.165, 1.54) is 0 Å². The second kappa shape index (κ2) is 3.82. The topological polar surface area (TPSA) is 42.2 Å². The van der Waals surface area contributed by atoms with Gasteiger partial charge in [0.25, 0.3) is 0 Å². The van der Waals surface area contributed by atoms with Gasteiger partial charge in [-0.25, -0.2) is 0 Å². The van der Waals surface area contributed by atoms with Crippen molar-refractivity contribution in [3.63, 3.8) is 0 Å². The van der Waals surface area contributed by atoms with Crippen LogP contribution in [0.25, 0.3) is 0 Å². The molecule has 1 aromatic carbocycles. The SMILES string of the molecule is CC(C)c1c(CC#N)ccc2c1OCO2. The third-order valence-electron chi connectivity index (χ3n) is 2.51. The third-order valence-corrected chi connectivity index (χ3v) is 2.51. The lowest BCUT2D eigenvalue weighted by Gasteiger charge is -2.13. The molecule has 3 heteroatoms. The van der Waals surface area contributed by atoms with Crippen molar-refractivity contribution in [1.82, 2.24) is 0 Å². The van der Waals surface area contributed by atoms with Crippen LogP contribution < -0.4 is 9.47 Å². The third kappa shape index (κ3) is 1.63. The zero-order valence-corrected chi connectivity index (χ0v) is 8.91. The number of hydrogen-bond acceptors (Lipinski definition) is 3. The van der Waals surface area contributed by atoms with Crippen LogP contribution in [0.3, 0.4) is 0 Å². The van der Waals surface area contributed by atoms with E-state index in [2.05, 4.69) is 19.9 Å². The summed E-state index contributed by atoms with van der Waals surface area (Å²) >= 11 is 0. The van der Waals surface area contributed by atoms with Crippen LogP contribution in [0.15, 0.2) is 12.1 Å². The minimum absolute atomic E-state index is 0.283. The highest BCUT2D eigenvalue weighted by molar-refractivity contribution is 5.54. The molecule has 0 unspecified atom stereocenters. The minimum atomic E-state index is 0.283. The molecular formula is C12H13NO2. The van der Waals surface area contributed by atoms with Gasteiger partial charge in [0.15, 0.2) is 11.5 Å². The van der Waals surface area contributed by atoms with E-state index >= 15 is 0 Å². The molecular weight excluding hydrogens is 190 g/mol. The summed E-state index contributed by atoms with van der Waals surface area (Å²) in [5.74, 6) is 1.95. The smallest absolute Gasteiger partial charge is 0.231 e. The predicted octanol–water partition coefficient (Wildman–Crippen LogP) is 2.60. The molecule has 0 radical (unpaired) electrons. The van der Waals surface area contributed by atoms with Crippen LogP contribution in [-0.4, -0.2) is 6.79 Å². The molecule has 3 nitrogen and oxygen atoms in total. The molecule has 2 rings (SSSR count). The largest absolute Gasteiger partial charge is 0.454 e. The number of hydrogen-bond donors (Lipinski definition) is 0. The number of ether oxygens (including phenoxy) is 2. The van der Waals surface area contributed by atoms with Gasteiger partial charge in [-0.1, -0.05) is 19.9 Å². The summed E-state index contributed by atoms with van der Waals surface area (Å²) in [4.78, 5) is 0. The molecule has 0 saturated heterocycles. The summed E-state index contributed by atoms with van der Waals surface area (Å²) in [6, 6.07) is 6.00. The second-order valence-electron chi connectivity index (χ2n) is 3.86. The summed E-state index contributed by atoms with van der Waals surface area (Å²) < 4.78 is 10.8. The first-order valence-corrected chi connectivity index (χ1v) is 5.02. The Morgan fingerprint density at radius 1 is 1.40 bits per heavy atom. The van der Waals surface area contributed by atoms with Gasteiger partial charge in [-0.05, 0) is 17.5 Å². The molecule has 0 amide bonds. The molecule has 15 heavy (non-hydrogen) atoms. The van der Waals surface area contributed by atoms with E-state index in [1.807, 2.05) is 12.1 Å². The van der Waals surface area contributed by atoms with Crippen molar-refractivity contribution in [2.24, 2.45) is 0 Å². The Bertz CT molecular complexity index is 418. The van der Waals surface area contributed by atoms with Crippen LogP contribution in [0, 0.1) is 11.3 Å². The normalized spacial score (nSPS) is 12.9. The highest BCUT2D eigenvalue weighted by atomic mass is 16.7. The lowest BCUT2D eigenvalue weighted by molar-refractivity contribution is 0.173. The molecule has 0 bridgehead atoms. The maximum Gasteiger partial charge on any atom is 0.231 e. The quantitative estimate of drug-likeness (QED) is 0.742. The van der Waals surface area contributed by atoms with Gasteiger partial charge in [0.1, 0.15) is 0 Å². The minimum Gasteiger partial charge on any atom is -0.454 e. The van der Waals surface area contributed by atoms with E-state index in [-0.39, 0.29) is 6.79 Å². The van der Waals surface area contributed by atoms with Gasteiger partial charge in [0.05, 0.1) is 12.5 Å². The number of nitrogens with zero attached hydrogens (tertiary/aromatic N) is 1. The number of nitriles is 1. The molecule has 1 aromatic rings. The molecule has 1 aliphatic heterocycles. The molecule has 0 fully saturated rings. The lowest BCUT2D eigenvalue weighted by Crippen LogP contribution is -1.99. The van der Waals surface area contributed by atoms with Gasteiger partial charge in [0, 0.05) is 5.56 Å². The van der Waals surface area contributed by atoms with Gasteiger partial charge >= 0.3 is 0 Å². The maximum absolute atomic E-state index is 8.75. The molecule has 0 saturated carbocycles. The van der Waals surface area contributed by atoms with Gasteiger partial charge in [-0.3, -0.25) is 0 Å². The Morgan fingerprint density at radius 3 is 2.87 bits per heavy atom. The standard InChI is InChI=1S/C12H13NO2/c1-8(2)11-9(5-6-13)3-4-10-12(11)15-7-14-10/h3-4,8H,5,7H2,1-2H3. The summed E-state index contributed by atoms with van der Waals surface area (Å²) in [6.07, 6.45) is 0.421. The molecule has 1 heterocycles. The fourth-order valence-corrected chi connectivity index (χ4v) is 1.91. The first kappa shape index (κ1) is 9.85. The van der Waals surface area contributed by atoms with Crippen LogP contribution >= 0.6 is 0 Å². The van der Waals surface area contributed by atoms with Crippen LogP contribution in [0.1, 0.15) is 30.9 Å². The average molecular weight is 203 g/mol.